The van der Waals surface area contributed by atoms with Crippen LogP contribution in [0.4, 0.5) is 0 Å². The monoisotopic (exact) mass is 539 g/mol. The zero-order chi connectivity index (χ0) is 21.2. The van der Waals surface area contributed by atoms with E-state index in [4.69, 9.17) is 19.2 Å². The molecule has 0 aliphatic carbocycles. The van der Waals surface area contributed by atoms with Crippen LogP contribution in [0.25, 0.3) is 0 Å². The first kappa shape index (κ1) is 25.3. The molecule has 1 atom stereocenters. The molecule has 0 saturated heterocycles. The number of hydrogen-bond acceptors (Lipinski definition) is 4. The van der Waals surface area contributed by atoms with Gasteiger partial charge in [-0.25, -0.2) is 4.99 Å². The van der Waals surface area contributed by atoms with Gasteiger partial charge in [0.25, 0.3) is 0 Å². The van der Waals surface area contributed by atoms with Crippen molar-refractivity contribution in [2.45, 2.75) is 32.7 Å². The van der Waals surface area contributed by atoms with E-state index in [1.54, 1.807) is 7.11 Å². The van der Waals surface area contributed by atoms with E-state index in [-0.39, 0.29) is 24.0 Å². The van der Waals surface area contributed by atoms with Crippen molar-refractivity contribution in [1.82, 2.24) is 10.6 Å². The predicted molar refractivity (Wildman–Crippen MR) is 136 cm³/mol. The van der Waals surface area contributed by atoms with Gasteiger partial charge in [0, 0.05) is 31.7 Å². The molecule has 7 heteroatoms. The number of ether oxygens (including phenoxy) is 3. The number of fused-ring (bicyclic) bond motifs is 1. The quantitative estimate of drug-likeness (QED) is 0.216. The number of nitrogens with zero attached hydrogens (tertiary/aromatic N) is 1. The van der Waals surface area contributed by atoms with Crippen molar-refractivity contribution in [3.8, 4) is 11.5 Å². The van der Waals surface area contributed by atoms with E-state index in [1.807, 2.05) is 12.1 Å². The lowest BCUT2D eigenvalue weighted by molar-refractivity contribution is 0.145. The number of rotatable bonds is 9. The van der Waals surface area contributed by atoms with E-state index in [2.05, 4.69) is 54.8 Å². The molecule has 1 heterocycles. The van der Waals surface area contributed by atoms with Gasteiger partial charge in [0.2, 0.25) is 0 Å². The number of para-hydroxylation sites is 1. The molecular formula is C24H34IN3O3. The summed E-state index contributed by atoms with van der Waals surface area (Å²) in [5, 5.41) is 6.85. The molecule has 0 spiro atoms. The van der Waals surface area contributed by atoms with Gasteiger partial charge in [-0.3, -0.25) is 0 Å². The number of benzene rings is 2. The van der Waals surface area contributed by atoms with Crippen molar-refractivity contribution in [2.75, 3.05) is 40.0 Å². The van der Waals surface area contributed by atoms with Gasteiger partial charge in [-0.2, -0.15) is 0 Å². The minimum Gasteiger partial charge on any atom is -0.493 e. The highest BCUT2D eigenvalue weighted by molar-refractivity contribution is 14.0. The van der Waals surface area contributed by atoms with Crippen LogP contribution < -0.4 is 20.1 Å². The van der Waals surface area contributed by atoms with Crippen LogP contribution in [0.5, 0.6) is 11.5 Å². The second-order valence-electron chi connectivity index (χ2n) is 7.40. The van der Waals surface area contributed by atoms with Crippen LogP contribution in [0.2, 0.25) is 0 Å². The minimum atomic E-state index is 0. The smallest absolute Gasteiger partial charge is 0.191 e. The lowest BCUT2D eigenvalue weighted by Gasteiger charge is -2.26. The number of methoxy groups -OCH3 is 1. The maximum atomic E-state index is 5.90. The molecule has 2 N–H and O–H groups in total. The molecule has 170 valence electrons. The van der Waals surface area contributed by atoms with Crippen LogP contribution >= 0.6 is 24.0 Å². The Labute approximate surface area is 202 Å². The van der Waals surface area contributed by atoms with E-state index in [0.29, 0.717) is 25.7 Å². The zero-order valence-electron chi connectivity index (χ0n) is 18.6. The Morgan fingerprint density at radius 3 is 2.81 bits per heavy atom. The summed E-state index contributed by atoms with van der Waals surface area (Å²) in [6, 6.07) is 14.5. The number of halogens is 1. The molecule has 0 radical (unpaired) electrons. The standard InChI is InChI=1S/C24H33N3O3.HI/c1-4-25-24(26-16-19-11-12-29-22-8-6-5-7-21(19)22)27-17-20-10-9-18(2)15-23(20)30-14-13-28-3;/h5-10,15,19H,4,11-14,16-17H2,1-3H3,(H2,25,26,27);1H. The molecule has 0 bridgehead atoms. The lowest BCUT2D eigenvalue weighted by Crippen LogP contribution is -2.40. The molecule has 1 unspecified atom stereocenters. The van der Waals surface area contributed by atoms with Gasteiger partial charge < -0.3 is 24.8 Å². The molecule has 0 amide bonds. The summed E-state index contributed by atoms with van der Waals surface area (Å²) < 4.78 is 16.8. The molecule has 2 aromatic rings. The lowest BCUT2D eigenvalue weighted by atomic mass is 9.93. The Balaban J connectivity index is 0.00000341. The molecule has 31 heavy (non-hydrogen) atoms. The average Bonchev–Trinajstić information content (AvgIpc) is 2.77. The minimum absolute atomic E-state index is 0. The molecule has 1 aliphatic rings. The largest absolute Gasteiger partial charge is 0.493 e. The van der Waals surface area contributed by atoms with Gasteiger partial charge in [-0.1, -0.05) is 30.3 Å². The van der Waals surface area contributed by atoms with Crippen LogP contribution in [0.15, 0.2) is 47.5 Å². The van der Waals surface area contributed by atoms with E-state index in [1.165, 1.54) is 11.1 Å². The van der Waals surface area contributed by atoms with Crippen molar-refractivity contribution in [1.29, 1.82) is 0 Å². The van der Waals surface area contributed by atoms with Crippen molar-refractivity contribution < 1.29 is 14.2 Å². The predicted octanol–water partition coefficient (Wildman–Crippen LogP) is 4.26. The van der Waals surface area contributed by atoms with Gasteiger partial charge in [-0.05, 0) is 43.5 Å². The Hall–Kier alpha value is -2.00. The number of aryl methyl sites for hydroxylation is 1. The number of nitrogens with one attached hydrogen (secondary N) is 2. The Morgan fingerprint density at radius 2 is 2.00 bits per heavy atom. The highest BCUT2D eigenvalue weighted by Crippen LogP contribution is 2.32. The fourth-order valence-electron chi connectivity index (χ4n) is 3.52. The summed E-state index contributed by atoms with van der Waals surface area (Å²) in [5.74, 6) is 3.08. The van der Waals surface area contributed by atoms with Crippen LogP contribution in [0.3, 0.4) is 0 Å². The Bertz CT molecular complexity index is 845. The molecule has 0 saturated carbocycles. The average molecular weight is 539 g/mol. The van der Waals surface area contributed by atoms with Crippen molar-refractivity contribution in [3.05, 3.63) is 59.2 Å². The Kier molecular flexibility index (Phi) is 10.9. The second-order valence-corrected chi connectivity index (χ2v) is 7.40. The Morgan fingerprint density at radius 1 is 1.16 bits per heavy atom. The fourth-order valence-corrected chi connectivity index (χ4v) is 3.52. The van der Waals surface area contributed by atoms with Crippen LogP contribution in [-0.2, 0) is 11.3 Å². The topological polar surface area (TPSA) is 64.1 Å². The third-order valence-electron chi connectivity index (χ3n) is 5.12. The number of hydrogen-bond donors (Lipinski definition) is 2. The fraction of sp³-hybridized carbons (Fsp3) is 0.458. The number of guanidine groups is 1. The van der Waals surface area contributed by atoms with Crippen molar-refractivity contribution in [2.24, 2.45) is 4.99 Å². The zero-order valence-corrected chi connectivity index (χ0v) is 21.0. The molecule has 3 rings (SSSR count). The molecule has 0 fully saturated rings. The normalized spacial score (nSPS) is 15.3. The third-order valence-corrected chi connectivity index (χ3v) is 5.12. The van der Waals surface area contributed by atoms with Gasteiger partial charge in [-0.15, -0.1) is 24.0 Å². The summed E-state index contributed by atoms with van der Waals surface area (Å²) in [6.45, 7) is 8.15. The first-order valence-electron chi connectivity index (χ1n) is 10.7. The first-order chi connectivity index (χ1) is 14.7. The molecule has 6 nitrogen and oxygen atoms in total. The van der Waals surface area contributed by atoms with Gasteiger partial charge >= 0.3 is 0 Å². The van der Waals surface area contributed by atoms with Gasteiger partial charge in [0.05, 0.1) is 19.8 Å². The van der Waals surface area contributed by atoms with Crippen molar-refractivity contribution >= 4 is 29.9 Å². The molecule has 0 aromatic heterocycles. The van der Waals surface area contributed by atoms with E-state index in [9.17, 15) is 0 Å². The van der Waals surface area contributed by atoms with E-state index < -0.39 is 0 Å². The second kappa shape index (κ2) is 13.4. The summed E-state index contributed by atoms with van der Waals surface area (Å²) in [4.78, 5) is 4.79. The van der Waals surface area contributed by atoms with Crippen LogP contribution in [0, 0.1) is 6.92 Å². The van der Waals surface area contributed by atoms with Crippen LogP contribution in [-0.4, -0.2) is 46.0 Å². The molecule has 1 aliphatic heterocycles. The SMILES string of the molecule is CCNC(=NCc1ccc(C)cc1OCCOC)NCC1CCOc2ccccc21.I. The maximum absolute atomic E-state index is 5.90. The highest BCUT2D eigenvalue weighted by Gasteiger charge is 2.21. The van der Waals surface area contributed by atoms with Crippen LogP contribution in [0.1, 0.15) is 36.0 Å². The van der Waals surface area contributed by atoms with Gasteiger partial charge in [0.15, 0.2) is 5.96 Å². The maximum Gasteiger partial charge on any atom is 0.191 e. The third kappa shape index (κ3) is 7.57. The molecular weight excluding hydrogens is 505 g/mol. The summed E-state index contributed by atoms with van der Waals surface area (Å²) in [7, 11) is 1.68. The van der Waals surface area contributed by atoms with E-state index in [0.717, 1.165) is 49.1 Å². The summed E-state index contributed by atoms with van der Waals surface area (Å²) in [6.07, 6.45) is 0.999. The molecule has 2 aromatic carbocycles. The number of aliphatic imine (C=N–C) groups is 1. The van der Waals surface area contributed by atoms with Gasteiger partial charge in [0.1, 0.15) is 18.1 Å². The van der Waals surface area contributed by atoms with Crippen molar-refractivity contribution in [3.63, 3.8) is 0 Å². The highest BCUT2D eigenvalue weighted by atomic mass is 127. The first-order valence-corrected chi connectivity index (χ1v) is 10.7. The summed E-state index contributed by atoms with van der Waals surface area (Å²) >= 11 is 0. The van der Waals surface area contributed by atoms with E-state index >= 15 is 0 Å². The summed E-state index contributed by atoms with van der Waals surface area (Å²) in [5.41, 5.74) is 3.49.